The molecule has 1 heterocycles. The summed E-state index contributed by atoms with van der Waals surface area (Å²) in [6.07, 6.45) is 1.28. The van der Waals surface area contributed by atoms with Gasteiger partial charge in [0.2, 0.25) is 11.2 Å². The molecule has 1 aromatic heterocycles. The highest BCUT2D eigenvalue weighted by Crippen LogP contribution is 2.49. The molecule has 0 saturated heterocycles. The average molecular weight is 348 g/mol. The summed E-state index contributed by atoms with van der Waals surface area (Å²) in [7, 11) is 0.133. The number of unbranched alkanes of at least 4 members (excludes halogenated alkanes) is 1. The molecule has 0 aliphatic carbocycles. The number of hydrogen-bond acceptors (Lipinski definition) is 8. The lowest BCUT2D eigenvalue weighted by Gasteiger charge is -2.14. The lowest BCUT2D eigenvalue weighted by atomic mass is 10.3. The van der Waals surface area contributed by atoms with Crippen LogP contribution < -0.4 is 10.2 Å². The molecular formula is C14H21O8P. The molecule has 0 aromatic carbocycles. The molecule has 0 N–H and O–H groups in total. The van der Waals surface area contributed by atoms with Gasteiger partial charge in [0.15, 0.2) is 0 Å². The number of ether oxygens (including phenoxy) is 2. The standard InChI is InChI=1S/C14H21O8P/c1-5-6-7-21-12-11(15)8-10(9-23(17,19-3)20-4)22-13(12)14(16)18-2/h8H,5-7,9H2,1-4H3. The third kappa shape index (κ3) is 5.20. The normalized spacial score (nSPS) is 11.3. The molecule has 0 radical (unpaired) electrons. The summed E-state index contributed by atoms with van der Waals surface area (Å²) in [5, 5.41) is 0. The van der Waals surface area contributed by atoms with Crippen LogP contribution in [0.2, 0.25) is 0 Å². The van der Waals surface area contributed by atoms with Crippen LogP contribution in [0.5, 0.6) is 5.75 Å². The molecule has 0 atom stereocenters. The van der Waals surface area contributed by atoms with E-state index in [2.05, 4.69) is 4.74 Å². The summed E-state index contributed by atoms with van der Waals surface area (Å²) < 4.78 is 37.0. The van der Waals surface area contributed by atoms with Gasteiger partial charge in [-0.2, -0.15) is 0 Å². The monoisotopic (exact) mass is 348 g/mol. The van der Waals surface area contributed by atoms with E-state index in [0.29, 0.717) is 6.42 Å². The van der Waals surface area contributed by atoms with Crippen LogP contribution in [0, 0.1) is 0 Å². The van der Waals surface area contributed by atoms with Gasteiger partial charge in [-0.3, -0.25) is 9.36 Å². The van der Waals surface area contributed by atoms with Gasteiger partial charge in [-0.05, 0) is 6.42 Å². The van der Waals surface area contributed by atoms with Gasteiger partial charge in [-0.15, -0.1) is 0 Å². The fraction of sp³-hybridized carbons (Fsp3) is 0.571. The predicted molar refractivity (Wildman–Crippen MR) is 82.0 cm³/mol. The largest absolute Gasteiger partial charge is 0.486 e. The zero-order valence-electron chi connectivity index (χ0n) is 13.6. The number of carbonyl (C=O) groups excluding carboxylic acids is 1. The van der Waals surface area contributed by atoms with Crippen molar-refractivity contribution in [3.05, 3.63) is 27.8 Å². The second kappa shape index (κ2) is 8.86. The average Bonchev–Trinajstić information content (AvgIpc) is 2.55. The fourth-order valence-corrected chi connectivity index (χ4v) is 2.63. The van der Waals surface area contributed by atoms with Crippen molar-refractivity contribution >= 4 is 13.6 Å². The third-order valence-electron chi connectivity index (χ3n) is 2.98. The minimum absolute atomic E-state index is 0.0229. The molecule has 0 spiro atoms. The summed E-state index contributed by atoms with van der Waals surface area (Å²) in [6.45, 7) is 2.22. The second-order valence-corrected chi connectivity index (χ2v) is 6.83. The summed E-state index contributed by atoms with van der Waals surface area (Å²) in [5.74, 6) is -1.48. The zero-order valence-corrected chi connectivity index (χ0v) is 14.5. The quantitative estimate of drug-likeness (QED) is 0.381. The molecule has 0 bridgehead atoms. The van der Waals surface area contributed by atoms with Gasteiger partial charge in [0, 0.05) is 20.3 Å². The van der Waals surface area contributed by atoms with Crippen LogP contribution >= 0.6 is 7.60 Å². The van der Waals surface area contributed by atoms with E-state index in [1.54, 1.807) is 0 Å². The number of carbonyl (C=O) groups is 1. The summed E-state index contributed by atoms with van der Waals surface area (Å²) in [5.41, 5.74) is -0.568. The lowest BCUT2D eigenvalue weighted by Crippen LogP contribution is -2.16. The molecule has 130 valence electrons. The highest BCUT2D eigenvalue weighted by atomic mass is 31.2. The van der Waals surface area contributed by atoms with Gasteiger partial charge < -0.3 is 22.9 Å². The number of methoxy groups -OCH3 is 1. The van der Waals surface area contributed by atoms with Crippen molar-refractivity contribution in [2.75, 3.05) is 27.9 Å². The second-order valence-electron chi connectivity index (χ2n) is 4.56. The van der Waals surface area contributed by atoms with Crippen molar-refractivity contribution in [1.29, 1.82) is 0 Å². The molecule has 1 rings (SSSR count). The Morgan fingerprint density at radius 3 is 2.43 bits per heavy atom. The Morgan fingerprint density at radius 1 is 1.26 bits per heavy atom. The van der Waals surface area contributed by atoms with Gasteiger partial charge in [-0.1, -0.05) is 13.3 Å². The van der Waals surface area contributed by atoms with Crippen LogP contribution in [0.3, 0.4) is 0 Å². The minimum atomic E-state index is -3.45. The summed E-state index contributed by atoms with van der Waals surface area (Å²) >= 11 is 0. The Bertz CT molecular complexity index is 628. The molecule has 0 aliphatic heterocycles. The maximum Gasteiger partial charge on any atom is 0.378 e. The van der Waals surface area contributed by atoms with Crippen LogP contribution in [-0.2, 0) is 24.5 Å². The van der Waals surface area contributed by atoms with E-state index in [1.165, 1.54) is 14.2 Å². The maximum atomic E-state index is 12.2. The van der Waals surface area contributed by atoms with Gasteiger partial charge >= 0.3 is 13.6 Å². The fourth-order valence-electron chi connectivity index (χ4n) is 1.69. The first kappa shape index (κ1) is 19.4. The molecule has 0 unspecified atom stereocenters. The topological polar surface area (TPSA) is 101 Å². The summed E-state index contributed by atoms with van der Waals surface area (Å²) in [6, 6.07) is 1.10. The van der Waals surface area contributed by atoms with E-state index < -0.39 is 19.0 Å². The van der Waals surface area contributed by atoms with Crippen LogP contribution in [0.25, 0.3) is 0 Å². The Labute approximate surface area is 134 Å². The minimum Gasteiger partial charge on any atom is -0.486 e. The molecule has 0 saturated carbocycles. The molecule has 1 aromatic rings. The lowest BCUT2D eigenvalue weighted by molar-refractivity contribution is 0.0551. The van der Waals surface area contributed by atoms with E-state index in [1.807, 2.05) is 6.92 Å². The van der Waals surface area contributed by atoms with E-state index in [4.69, 9.17) is 18.2 Å². The Kier molecular flexibility index (Phi) is 7.48. The smallest absolute Gasteiger partial charge is 0.378 e. The molecule has 23 heavy (non-hydrogen) atoms. The Morgan fingerprint density at radius 2 is 1.91 bits per heavy atom. The van der Waals surface area contributed by atoms with Crippen molar-refractivity contribution in [3.8, 4) is 5.75 Å². The van der Waals surface area contributed by atoms with E-state index in [9.17, 15) is 14.2 Å². The first-order chi connectivity index (χ1) is 10.9. The highest BCUT2D eigenvalue weighted by Gasteiger charge is 2.27. The van der Waals surface area contributed by atoms with Crippen molar-refractivity contribution in [3.63, 3.8) is 0 Å². The number of hydrogen-bond donors (Lipinski definition) is 0. The van der Waals surface area contributed by atoms with Gasteiger partial charge in [0.1, 0.15) is 11.9 Å². The van der Waals surface area contributed by atoms with Crippen LogP contribution in [0.4, 0.5) is 0 Å². The van der Waals surface area contributed by atoms with E-state index >= 15 is 0 Å². The van der Waals surface area contributed by atoms with Crippen molar-refractivity contribution in [2.45, 2.75) is 25.9 Å². The SMILES string of the molecule is CCCCOc1c(C(=O)OC)oc(CP(=O)(OC)OC)cc1=O. The first-order valence-corrected chi connectivity index (χ1v) is 8.72. The van der Waals surface area contributed by atoms with E-state index in [-0.39, 0.29) is 30.0 Å². The predicted octanol–water partition coefficient (Wildman–Crippen LogP) is 2.59. The molecule has 0 fully saturated rings. The van der Waals surface area contributed by atoms with Gasteiger partial charge in [0.25, 0.3) is 5.76 Å². The zero-order chi connectivity index (χ0) is 17.5. The maximum absolute atomic E-state index is 12.2. The Balaban J connectivity index is 3.23. The number of rotatable bonds is 9. The van der Waals surface area contributed by atoms with Crippen molar-refractivity contribution < 1.29 is 32.3 Å². The molecule has 9 heteroatoms. The molecule has 0 amide bonds. The third-order valence-corrected chi connectivity index (χ3v) is 4.79. The van der Waals surface area contributed by atoms with Crippen molar-refractivity contribution in [2.24, 2.45) is 0 Å². The Hall–Kier alpha value is -1.63. The van der Waals surface area contributed by atoms with Crippen LogP contribution in [-0.4, -0.2) is 33.9 Å². The van der Waals surface area contributed by atoms with Crippen molar-refractivity contribution in [1.82, 2.24) is 0 Å². The van der Waals surface area contributed by atoms with Crippen LogP contribution in [0.1, 0.15) is 36.1 Å². The summed E-state index contributed by atoms with van der Waals surface area (Å²) in [4.78, 5) is 24.0. The van der Waals surface area contributed by atoms with E-state index in [0.717, 1.165) is 19.6 Å². The molecule has 0 aliphatic rings. The van der Waals surface area contributed by atoms with Gasteiger partial charge in [-0.25, -0.2) is 4.79 Å². The highest BCUT2D eigenvalue weighted by molar-refractivity contribution is 7.52. The molecule has 8 nitrogen and oxygen atoms in total. The van der Waals surface area contributed by atoms with Crippen LogP contribution in [0.15, 0.2) is 15.3 Å². The first-order valence-electron chi connectivity index (χ1n) is 6.99. The number of esters is 1. The molecular weight excluding hydrogens is 327 g/mol. The van der Waals surface area contributed by atoms with Gasteiger partial charge in [0.05, 0.1) is 13.7 Å².